The molecule has 88 valence electrons. The van der Waals surface area contributed by atoms with Gasteiger partial charge in [0.1, 0.15) is 0 Å². The molecule has 3 nitrogen and oxygen atoms in total. The lowest BCUT2D eigenvalue weighted by atomic mass is 10.1. The van der Waals surface area contributed by atoms with Crippen molar-refractivity contribution in [2.45, 2.75) is 6.54 Å². The van der Waals surface area contributed by atoms with Crippen molar-refractivity contribution in [1.82, 2.24) is 4.90 Å². The van der Waals surface area contributed by atoms with E-state index >= 15 is 0 Å². The Hall–Kier alpha value is -2.03. The van der Waals surface area contributed by atoms with E-state index in [0.717, 1.165) is 0 Å². The van der Waals surface area contributed by atoms with Crippen LogP contribution in [0, 0.1) is 0 Å². The van der Waals surface area contributed by atoms with Crippen molar-refractivity contribution in [2.24, 2.45) is 10.7 Å². The Morgan fingerprint density at radius 1 is 1.12 bits per heavy atom. The van der Waals surface area contributed by atoms with E-state index in [2.05, 4.69) is 35.3 Å². The fourth-order valence-corrected chi connectivity index (χ4v) is 1.65. The summed E-state index contributed by atoms with van der Waals surface area (Å²) in [6, 6.07) is 14.7. The highest BCUT2D eigenvalue weighted by atomic mass is 15.2. The molecule has 0 atom stereocenters. The van der Waals surface area contributed by atoms with Gasteiger partial charge in [0, 0.05) is 14.1 Å². The Balaban J connectivity index is 2.23. The monoisotopic (exact) mass is 227 g/mol. The first-order valence-electron chi connectivity index (χ1n) is 5.62. The van der Waals surface area contributed by atoms with Gasteiger partial charge in [-0.15, -0.1) is 0 Å². The Bertz CT molecular complexity index is 544. The van der Waals surface area contributed by atoms with Gasteiger partial charge in [-0.05, 0) is 22.4 Å². The maximum atomic E-state index is 5.75. The first kappa shape index (κ1) is 11.5. The lowest BCUT2D eigenvalue weighted by Gasteiger charge is -2.10. The molecule has 2 N–H and O–H groups in total. The first-order chi connectivity index (χ1) is 8.16. The van der Waals surface area contributed by atoms with Gasteiger partial charge in [0.25, 0.3) is 0 Å². The molecule has 0 spiro atoms. The molecule has 2 aromatic rings. The molecule has 0 saturated heterocycles. The Morgan fingerprint density at radius 2 is 1.82 bits per heavy atom. The molecule has 0 amide bonds. The molecule has 0 aromatic heterocycles. The Kier molecular flexibility index (Phi) is 3.28. The van der Waals surface area contributed by atoms with Crippen LogP contribution in [-0.4, -0.2) is 25.0 Å². The number of guanidine groups is 1. The minimum absolute atomic E-state index is 0.554. The van der Waals surface area contributed by atoms with Crippen LogP contribution < -0.4 is 5.73 Å². The van der Waals surface area contributed by atoms with Gasteiger partial charge in [-0.2, -0.15) is 0 Å². The molecule has 0 fully saturated rings. The third-order valence-electron chi connectivity index (χ3n) is 2.70. The van der Waals surface area contributed by atoms with Crippen molar-refractivity contribution in [3.63, 3.8) is 0 Å². The predicted octanol–water partition coefficient (Wildman–Crippen LogP) is 2.22. The molecule has 0 bridgehead atoms. The number of hydrogen-bond acceptors (Lipinski definition) is 1. The van der Waals surface area contributed by atoms with Gasteiger partial charge in [0.05, 0.1) is 6.54 Å². The second-order valence-electron chi connectivity index (χ2n) is 4.25. The summed E-state index contributed by atoms with van der Waals surface area (Å²) in [5, 5.41) is 2.49. The molecule has 0 radical (unpaired) electrons. The normalized spacial score (nSPS) is 11.8. The summed E-state index contributed by atoms with van der Waals surface area (Å²) >= 11 is 0. The van der Waals surface area contributed by atoms with Crippen LogP contribution in [0.3, 0.4) is 0 Å². The summed E-state index contributed by atoms with van der Waals surface area (Å²) in [4.78, 5) is 6.13. The van der Waals surface area contributed by atoms with Crippen molar-refractivity contribution in [1.29, 1.82) is 0 Å². The van der Waals surface area contributed by atoms with E-state index in [9.17, 15) is 0 Å². The molecule has 0 aliphatic heterocycles. The predicted molar refractivity (Wildman–Crippen MR) is 73.0 cm³/mol. The minimum atomic E-state index is 0.554. The highest BCUT2D eigenvalue weighted by Crippen LogP contribution is 2.16. The summed E-state index contributed by atoms with van der Waals surface area (Å²) in [7, 11) is 3.78. The van der Waals surface area contributed by atoms with Gasteiger partial charge in [-0.3, -0.25) is 0 Å². The van der Waals surface area contributed by atoms with Crippen LogP contribution in [0.4, 0.5) is 0 Å². The van der Waals surface area contributed by atoms with E-state index in [-0.39, 0.29) is 0 Å². The van der Waals surface area contributed by atoms with Crippen LogP contribution in [0.2, 0.25) is 0 Å². The minimum Gasteiger partial charge on any atom is -0.370 e. The highest BCUT2D eigenvalue weighted by Gasteiger charge is 1.97. The van der Waals surface area contributed by atoms with Crippen molar-refractivity contribution >= 4 is 16.7 Å². The maximum Gasteiger partial charge on any atom is 0.191 e. The van der Waals surface area contributed by atoms with Gasteiger partial charge >= 0.3 is 0 Å². The third-order valence-corrected chi connectivity index (χ3v) is 2.70. The van der Waals surface area contributed by atoms with Gasteiger partial charge in [-0.1, -0.05) is 36.4 Å². The summed E-state index contributed by atoms with van der Waals surface area (Å²) in [5.41, 5.74) is 6.93. The van der Waals surface area contributed by atoms with E-state index in [0.29, 0.717) is 12.5 Å². The fourth-order valence-electron chi connectivity index (χ4n) is 1.65. The topological polar surface area (TPSA) is 41.6 Å². The number of benzene rings is 2. The number of hydrogen-bond donors (Lipinski definition) is 1. The number of nitrogens with two attached hydrogens (primary N) is 1. The van der Waals surface area contributed by atoms with Crippen LogP contribution >= 0.6 is 0 Å². The fraction of sp³-hybridized carbons (Fsp3) is 0.214. The lowest BCUT2D eigenvalue weighted by molar-refractivity contribution is 0.609. The molecule has 2 rings (SSSR count). The van der Waals surface area contributed by atoms with E-state index in [4.69, 9.17) is 5.73 Å². The van der Waals surface area contributed by atoms with Gasteiger partial charge < -0.3 is 10.6 Å². The zero-order chi connectivity index (χ0) is 12.3. The Labute approximate surface area is 102 Å². The lowest BCUT2D eigenvalue weighted by Crippen LogP contribution is -2.30. The van der Waals surface area contributed by atoms with E-state index in [1.165, 1.54) is 16.3 Å². The zero-order valence-corrected chi connectivity index (χ0v) is 10.2. The number of aliphatic imine (C=N–C) groups is 1. The van der Waals surface area contributed by atoms with Crippen molar-refractivity contribution < 1.29 is 0 Å². The molecule has 3 heteroatoms. The average Bonchev–Trinajstić information content (AvgIpc) is 2.35. The molecular formula is C14H17N3. The molecule has 0 aliphatic carbocycles. The van der Waals surface area contributed by atoms with Crippen molar-refractivity contribution in [2.75, 3.05) is 14.1 Å². The van der Waals surface area contributed by atoms with Crippen LogP contribution in [0.15, 0.2) is 47.5 Å². The standard InChI is InChI=1S/C14H17N3/c1-17(2)14(15)16-10-11-7-8-12-5-3-4-6-13(12)9-11/h3-9H,10H2,1-2H3,(H2,15,16). The molecule has 17 heavy (non-hydrogen) atoms. The smallest absolute Gasteiger partial charge is 0.191 e. The SMILES string of the molecule is CN(C)C(N)=NCc1ccc2ccccc2c1. The third kappa shape index (κ3) is 2.75. The summed E-state index contributed by atoms with van der Waals surface area (Å²) in [6.45, 7) is 0.620. The van der Waals surface area contributed by atoms with Crippen LogP contribution in [0.25, 0.3) is 10.8 Å². The maximum absolute atomic E-state index is 5.75. The summed E-state index contributed by atoms with van der Waals surface area (Å²) in [6.07, 6.45) is 0. The number of rotatable bonds is 2. The first-order valence-corrected chi connectivity index (χ1v) is 5.62. The van der Waals surface area contributed by atoms with Gasteiger partial charge in [0.15, 0.2) is 5.96 Å². The molecule has 0 unspecified atom stereocenters. The zero-order valence-electron chi connectivity index (χ0n) is 10.2. The quantitative estimate of drug-likeness (QED) is 0.631. The number of nitrogens with zero attached hydrogens (tertiary/aromatic N) is 2. The molecule has 0 aliphatic rings. The summed E-state index contributed by atoms with van der Waals surface area (Å²) < 4.78 is 0. The molecular weight excluding hydrogens is 210 g/mol. The molecule has 2 aromatic carbocycles. The Morgan fingerprint density at radius 3 is 2.53 bits per heavy atom. The van der Waals surface area contributed by atoms with Crippen LogP contribution in [0.5, 0.6) is 0 Å². The largest absolute Gasteiger partial charge is 0.370 e. The van der Waals surface area contributed by atoms with Gasteiger partial charge in [0.2, 0.25) is 0 Å². The second-order valence-corrected chi connectivity index (χ2v) is 4.25. The number of fused-ring (bicyclic) bond motifs is 1. The molecule has 0 saturated carbocycles. The highest BCUT2D eigenvalue weighted by molar-refractivity contribution is 5.83. The average molecular weight is 227 g/mol. The summed E-state index contributed by atoms with van der Waals surface area (Å²) in [5.74, 6) is 0.554. The van der Waals surface area contributed by atoms with Crippen LogP contribution in [-0.2, 0) is 6.54 Å². The van der Waals surface area contributed by atoms with Gasteiger partial charge in [-0.25, -0.2) is 4.99 Å². The molecule has 0 heterocycles. The van der Waals surface area contributed by atoms with E-state index in [1.807, 2.05) is 26.2 Å². The van der Waals surface area contributed by atoms with Crippen molar-refractivity contribution in [3.05, 3.63) is 48.0 Å². The second kappa shape index (κ2) is 4.87. The van der Waals surface area contributed by atoms with E-state index < -0.39 is 0 Å². The van der Waals surface area contributed by atoms with Crippen molar-refractivity contribution in [3.8, 4) is 0 Å². The van der Waals surface area contributed by atoms with Crippen LogP contribution in [0.1, 0.15) is 5.56 Å². The van der Waals surface area contributed by atoms with E-state index in [1.54, 1.807) is 4.90 Å².